The molecule has 0 saturated carbocycles. The highest BCUT2D eigenvalue weighted by molar-refractivity contribution is 7.15. The zero-order valence-corrected chi connectivity index (χ0v) is 16.3. The molecule has 4 aromatic rings. The lowest BCUT2D eigenvalue weighted by Crippen LogP contribution is -2.05. The van der Waals surface area contributed by atoms with Gasteiger partial charge < -0.3 is 10.5 Å². The van der Waals surface area contributed by atoms with E-state index in [1.165, 1.54) is 4.88 Å². The van der Waals surface area contributed by atoms with Crippen LogP contribution in [0.2, 0.25) is 0 Å². The van der Waals surface area contributed by atoms with Crippen LogP contribution in [0.4, 0.5) is 5.95 Å². The van der Waals surface area contributed by atoms with Gasteiger partial charge >= 0.3 is 0 Å². The Hall–Kier alpha value is -3.20. The van der Waals surface area contributed by atoms with E-state index in [-0.39, 0.29) is 12.0 Å². The molecule has 1 aliphatic rings. The van der Waals surface area contributed by atoms with Gasteiger partial charge in [0.15, 0.2) is 10.8 Å². The van der Waals surface area contributed by atoms with Crippen LogP contribution < -0.4 is 10.5 Å². The van der Waals surface area contributed by atoms with Crippen LogP contribution in [-0.4, -0.2) is 36.6 Å². The van der Waals surface area contributed by atoms with Crippen LogP contribution in [0.25, 0.3) is 33.2 Å². The molecular weight excluding hydrogens is 374 g/mol. The van der Waals surface area contributed by atoms with Gasteiger partial charge in [0.2, 0.25) is 5.95 Å². The van der Waals surface area contributed by atoms with Crippen LogP contribution in [0, 0.1) is 0 Å². The second-order valence-corrected chi connectivity index (χ2v) is 8.00. The van der Waals surface area contributed by atoms with Gasteiger partial charge in [-0.2, -0.15) is 10.1 Å². The number of nitrogens with zero attached hydrogens (tertiary/aromatic N) is 5. The summed E-state index contributed by atoms with van der Waals surface area (Å²) in [4.78, 5) is 10.5. The number of hydrogen-bond acceptors (Lipinski definition) is 7. The van der Waals surface area contributed by atoms with E-state index in [1.54, 1.807) is 17.5 Å². The highest BCUT2D eigenvalue weighted by atomic mass is 32.1. The SMILES string of the molecule is CC(C)n1nc(N)nc1-c1nc2c(s1)CCOc1cc(-c3cn[nH]c3)ccc1-2. The maximum absolute atomic E-state index is 6.02. The molecule has 3 N–H and O–H groups in total. The Bertz CT molecular complexity index is 1140. The maximum Gasteiger partial charge on any atom is 0.240 e. The fourth-order valence-electron chi connectivity index (χ4n) is 3.35. The molecule has 0 unspecified atom stereocenters. The molecule has 8 nitrogen and oxygen atoms in total. The molecule has 1 aliphatic heterocycles. The van der Waals surface area contributed by atoms with E-state index < -0.39 is 0 Å². The van der Waals surface area contributed by atoms with Crippen LogP contribution in [0.15, 0.2) is 30.6 Å². The van der Waals surface area contributed by atoms with Crippen molar-refractivity contribution in [2.24, 2.45) is 0 Å². The number of ether oxygens (including phenoxy) is 1. The molecule has 5 rings (SSSR count). The number of aromatic nitrogens is 6. The molecule has 0 bridgehead atoms. The van der Waals surface area contributed by atoms with Crippen LogP contribution in [-0.2, 0) is 6.42 Å². The molecule has 0 atom stereocenters. The van der Waals surface area contributed by atoms with Gasteiger partial charge in [0.1, 0.15) is 5.75 Å². The standard InChI is InChI=1S/C19H19N7OS/c1-10(2)26-17(24-19(20)25-26)18-23-16-13-4-3-11(12-8-21-22-9-12)7-14(13)27-6-5-15(16)28-18/h3-4,7-10H,5-6H2,1-2H3,(H2,20,25)(H,21,22). The topological polar surface area (TPSA) is 108 Å². The summed E-state index contributed by atoms with van der Waals surface area (Å²) in [5.74, 6) is 1.81. The summed E-state index contributed by atoms with van der Waals surface area (Å²) >= 11 is 1.63. The predicted molar refractivity (Wildman–Crippen MR) is 108 cm³/mol. The first kappa shape index (κ1) is 16.9. The Kier molecular flexibility index (Phi) is 3.90. The number of benzene rings is 1. The van der Waals surface area contributed by atoms with Crippen molar-refractivity contribution in [1.29, 1.82) is 0 Å². The normalized spacial score (nSPS) is 13.1. The Labute approximate surface area is 165 Å². The Morgan fingerprint density at radius 1 is 1.25 bits per heavy atom. The first-order valence-electron chi connectivity index (χ1n) is 9.08. The second-order valence-electron chi connectivity index (χ2n) is 6.92. The van der Waals surface area contributed by atoms with E-state index in [9.17, 15) is 0 Å². The number of nitrogen functional groups attached to an aromatic ring is 1. The lowest BCUT2D eigenvalue weighted by atomic mass is 10.0. The number of hydrogen-bond donors (Lipinski definition) is 2. The van der Waals surface area contributed by atoms with E-state index in [0.29, 0.717) is 12.4 Å². The number of aromatic amines is 1. The fourth-order valence-corrected chi connectivity index (χ4v) is 4.39. The van der Waals surface area contributed by atoms with Crippen LogP contribution in [0.5, 0.6) is 5.75 Å². The Morgan fingerprint density at radius 3 is 2.93 bits per heavy atom. The van der Waals surface area contributed by atoms with Gasteiger partial charge in [-0.3, -0.25) is 5.10 Å². The Balaban J connectivity index is 1.61. The van der Waals surface area contributed by atoms with E-state index in [4.69, 9.17) is 15.5 Å². The summed E-state index contributed by atoms with van der Waals surface area (Å²) < 4.78 is 7.85. The lowest BCUT2D eigenvalue weighted by Gasteiger charge is -2.09. The fraction of sp³-hybridized carbons (Fsp3) is 0.263. The van der Waals surface area contributed by atoms with Crippen molar-refractivity contribution >= 4 is 17.3 Å². The van der Waals surface area contributed by atoms with Gasteiger partial charge in [0, 0.05) is 34.7 Å². The van der Waals surface area contributed by atoms with Crippen molar-refractivity contribution < 1.29 is 4.74 Å². The summed E-state index contributed by atoms with van der Waals surface area (Å²) in [5.41, 5.74) is 9.86. The molecule has 142 valence electrons. The van der Waals surface area contributed by atoms with Crippen molar-refractivity contribution in [3.8, 4) is 39.0 Å². The molecule has 0 saturated heterocycles. The minimum absolute atomic E-state index is 0.150. The zero-order chi connectivity index (χ0) is 19.3. The molecule has 3 aromatic heterocycles. The first-order chi connectivity index (χ1) is 13.6. The summed E-state index contributed by atoms with van der Waals surface area (Å²) in [7, 11) is 0. The van der Waals surface area contributed by atoms with Crippen molar-refractivity contribution in [2.45, 2.75) is 26.3 Å². The quantitative estimate of drug-likeness (QED) is 0.551. The summed E-state index contributed by atoms with van der Waals surface area (Å²) in [5, 5.41) is 12.0. The van der Waals surface area contributed by atoms with Crippen LogP contribution >= 0.6 is 11.3 Å². The van der Waals surface area contributed by atoms with Gasteiger partial charge in [0.05, 0.1) is 18.5 Å². The van der Waals surface area contributed by atoms with Crippen molar-refractivity contribution in [2.75, 3.05) is 12.3 Å². The molecule has 0 radical (unpaired) electrons. The highest BCUT2D eigenvalue weighted by Crippen LogP contribution is 2.41. The van der Waals surface area contributed by atoms with Crippen molar-refractivity contribution in [1.82, 2.24) is 29.9 Å². The predicted octanol–water partition coefficient (Wildman–Crippen LogP) is 3.56. The van der Waals surface area contributed by atoms with Gasteiger partial charge in [-0.1, -0.05) is 6.07 Å². The maximum atomic E-state index is 6.02. The largest absolute Gasteiger partial charge is 0.492 e. The molecule has 0 spiro atoms. The van der Waals surface area contributed by atoms with Gasteiger partial charge in [0.25, 0.3) is 0 Å². The molecule has 0 amide bonds. The van der Waals surface area contributed by atoms with Gasteiger partial charge in [-0.25, -0.2) is 9.67 Å². The third kappa shape index (κ3) is 2.75. The molecule has 0 fully saturated rings. The Morgan fingerprint density at radius 2 is 2.14 bits per heavy atom. The van der Waals surface area contributed by atoms with Crippen molar-refractivity contribution in [3.05, 3.63) is 35.5 Å². The van der Waals surface area contributed by atoms with Gasteiger partial charge in [-0.05, 0) is 31.5 Å². The number of fused-ring (bicyclic) bond motifs is 3. The zero-order valence-electron chi connectivity index (χ0n) is 15.5. The highest BCUT2D eigenvalue weighted by Gasteiger charge is 2.24. The van der Waals surface area contributed by atoms with Crippen molar-refractivity contribution in [3.63, 3.8) is 0 Å². The van der Waals surface area contributed by atoms with E-state index in [0.717, 1.165) is 39.6 Å². The summed E-state index contributed by atoms with van der Waals surface area (Å²) in [6.07, 6.45) is 4.47. The number of H-pyrrole nitrogens is 1. The monoisotopic (exact) mass is 393 g/mol. The number of nitrogens with one attached hydrogen (secondary N) is 1. The second kappa shape index (κ2) is 6.45. The average molecular weight is 393 g/mol. The lowest BCUT2D eigenvalue weighted by molar-refractivity contribution is 0.327. The van der Waals surface area contributed by atoms with E-state index in [1.807, 2.05) is 16.9 Å². The third-order valence-electron chi connectivity index (χ3n) is 4.68. The average Bonchev–Trinajstić information content (AvgIpc) is 3.39. The third-order valence-corrected chi connectivity index (χ3v) is 5.79. The number of thiazole rings is 1. The summed E-state index contributed by atoms with van der Waals surface area (Å²) in [6.45, 7) is 4.71. The molecule has 4 heterocycles. The molecule has 28 heavy (non-hydrogen) atoms. The van der Waals surface area contributed by atoms with E-state index >= 15 is 0 Å². The number of nitrogens with two attached hydrogens (primary N) is 1. The smallest absolute Gasteiger partial charge is 0.240 e. The minimum atomic E-state index is 0.150. The van der Waals surface area contributed by atoms with Crippen LogP contribution in [0.3, 0.4) is 0 Å². The molecule has 9 heteroatoms. The summed E-state index contributed by atoms with van der Waals surface area (Å²) in [6, 6.07) is 6.32. The molecule has 0 aliphatic carbocycles. The molecular formula is C19H19N7OS. The minimum Gasteiger partial charge on any atom is -0.492 e. The van der Waals surface area contributed by atoms with Crippen LogP contribution in [0.1, 0.15) is 24.8 Å². The number of anilines is 1. The first-order valence-corrected chi connectivity index (χ1v) is 9.90. The number of rotatable bonds is 3. The van der Waals surface area contributed by atoms with E-state index in [2.05, 4.69) is 46.3 Å². The molecule has 1 aromatic carbocycles. The van der Waals surface area contributed by atoms with Gasteiger partial charge in [-0.15, -0.1) is 16.4 Å².